The number of rotatable bonds is 11. The van der Waals surface area contributed by atoms with Gasteiger partial charge in [-0.2, -0.15) is 0 Å². The quantitative estimate of drug-likeness (QED) is 0.524. The van der Waals surface area contributed by atoms with Gasteiger partial charge in [-0.15, -0.1) is 11.8 Å². The van der Waals surface area contributed by atoms with Crippen molar-refractivity contribution in [3.63, 3.8) is 0 Å². The minimum Gasteiger partial charge on any atom is -0.354 e. The first-order chi connectivity index (χ1) is 14.8. The van der Waals surface area contributed by atoms with Crippen LogP contribution >= 0.6 is 11.8 Å². The summed E-state index contributed by atoms with van der Waals surface area (Å²) in [4.78, 5) is 27.8. The molecule has 0 aromatic heterocycles. The van der Waals surface area contributed by atoms with Crippen LogP contribution in [0.25, 0.3) is 0 Å². The van der Waals surface area contributed by atoms with Gasteiger partial charge in [0, 0.05) is 18.8 Å². The molecular weight excluding hydrogens is 404 g/mol. The summed E-state index contributed by atoms with van der Waals surface area (Å²) in [5.74, 6) is 1.08. The molecule has 0 fully saturated rings. The Balaban J connectivity index is 2.11. The third-order valence-electron chi connectivity index (χ3n) is 5.18. The smallest absolute Gasteiger partial charge is 0.242 e. The first-order valence-corrected chi connectivity index (χ1v) is 12.3. The van der Waals surface area contributed by atoms with Gasteiger partial charge < -0.3 is 10.2 Å². The minimum absolute atomic E-state index is 0.00782. The molecule has 0 aliphatic rings. The number of amides is 2. The lowest BCUT2D eigenvalue weighted by atomic mass is 10.1. The Morgan fingerprint density at radius 1 is 0.935 bits per heavy atom. The molecule has 0 saturated heterocycles. The van der Waals surface area contributed by atoms with Crippen LogP contribution in [0.1, 0.15) is 54.5 Å². The van der Waals surface area contributed by atoms with E-state index in [1.54, 1.807) is 16.7 Å². The maximum absolute atomic E-state index is 13.2. The van der Waals surface area contributed by atoms with E-state index >= 15 is 0 Å². The van der Waals surface area contributed by atoms with Crippen LogP contribution < -0.4 is 5.32 Å². The maximum atomic E-state index is 13.2. The van der Waals surface area contributed by atoms with E-state index in [0.29, 0.717) is 25.3 Å². The lowest BCUT2D eigenvalue weighted by Crippen LogP contribution is -2.49. The zero-order valence-electron chi connectivity index (χ0n) is 19.5. The van der Waals surface area contributed by atoms with Crippen LogP contribution in [0.5, 0.6) is 0 Å². The molecule has 0 aliphatic carbocycles. The van der Waals surface area contributed by atoms with Crippen molar-refractivity contribution in [2.45, 2.75) is 65.8 Å². The third-order valence-corrected chi connectivity index (χ3v) is 6.17. The van der Waals surface area contributed by atoms with Crippen molar-refractivity contribution >= 4 is 23.6 Å². The number of carbonyl (C=O) groups excluding carboxylic acids is 2. The second-order valence-corrected chi connectivity index (χ2v) is 9.20. The fourth-order valence-electron chi connectivity index (χ4n) is 3.67. The molecule has 31 heavy (non-hydrogen) atoms. The molecule has 0 heterocycles. The Morgan fingerprint density at radius 3 is 2.16 bits per heavy atom. The van der Waals surface area contributed by atoms with E-state index in [2.05, 4.69) is 37.4 Å². The van der Waals surface area contributed by atoms with Gasteiger partial charge in [-0.1, -0.05) is 73.0 Å². The van der Waals surface area contributed by atoms with Crippen molar-refractivity contribution in [1.82, 2.24) is 10.2 Å². The molecule has 5 heteroatoms. The number of hydrogen-bond donors (Lipinski definition) is 1. The van der Waals surface area contributed by atoms with E-state index in [1.165, 1.54) is 22.3 Å². The van der Waals surface area contributed by atoms with Crippen LogP contribution in [0.4, 0.5) is 0 Å². The third kappa shape index (κ3) is 8.06. The SMILES string of the molecule is CCCNC(=O)C(CC)N(Cc1ccc(C)cc1)C(=O)CSCc1cc(C)cc(C)c1. The summed E-state index contributed by atoms with van der Waals surface area (Å²) in [5, 5.41) is 2.97. The van der Waals surface area contributed by atoms with Crippen molar-refractivity contribution in [2.75, 3.05) is 12.3 Å². The Bertz CT molecular complexity index is 844. The Labute approximate surface area is 191 Å². The highest BCUT2D eigenvalue weighted by molar-refractivity contribution is 7.99. The molecule has 0 aliphatic heterocycles. The summed E-state index contributed by atoms with van der Waals surface area (Å²) in [7, 11) is 0. The summed E-state index contributed by atoms with van der Waals surface area (Å²) in [6.45, 7) is 11.3. The van der Waals surface area contributed by atoms with E-state index in [0.717, 1.165) is 17.7 Å². The molecule has 0 spiro atoms. The van der Waals surface area contributed by atoms with E-state index < -0.39 is 6.04 Å². The second kappa shape index (κ2) is 12.6. The molecule has 4 nitrogen and oxygen atoms in total. The lowest BCUT2D eigenvalue weighted by Gasteiger charge is -2.30. The van der Waals surface area contributed by atoms with E-state index in [-0.39, 0.29) is 11.8 Å². The number of aryl methyl sites for hydroxylation is 3. The maximum Gasteiger partial charge on any atom is 0.242 e. The summed E-state index contributed by atoms with van der Waals surface area (Å²) in [5.41, 5.74) is 5.93. The molecular formula is C26H36N2O2S. The molecule has 0 bridgehead atoms. The van der Waals surface area contributed by atoms with Crippen LogP contribution in [0.15, 0.2) is 42.5 Å². The van der Waals surface area contributed by atoms with E-state index in [1.807, 2.05) is 45.0 Å². The van der Waals surface area contributed by atoms with Gasteiger partial charge in [0.2, 0.25) is 11.8 Å². The number of carbonyl (C=O) groups is 2. The Morgan fingerprint density at radius 2 is 1.58 bits per heavy atom. The van der Waals surface area contributed by atoms with Gasteiger partial charge in [-0.05, 0) is 44.7 Å². The van der Waals surface area contributed by atoms with Crippen LogP contribution in [0.2, 0.25) is 0 Å². The first-order valence-electron chi connectivity index (χ1n) is 11.1. The highest BCUT2D eigenvalue weighted by Gasteiger charge is 2.28. The Kier molecular flexibility index (Phi) is 10.1. The normalized spacial score (nSPS) is 11.8. The zero-order valence-corrected chi connectivity index (χ0v) is 20.3. The molecule has 1 atom stereocenters. The fraction of sp³-hybridized carbons (Fsp3) is 0.462. The van der Waals surface area contributed by atoms with Crippen molar-refractivity contribution in [1.29, 1.82) is 0 Å². The van der Waals surface area contributed by atoms with Crippen LogP contribution in [0.3, 0.4) is 0 Å². The van der Waals surface area contributed by atoms with Gasteiger partial charge in [-0.25, -0.2) is 0 Å². The van der Waals surface area contributed by atoms with Crippen molar-refractivity contribution in [2.24, 2.45) is 0 Å². The molecule has 1 unspecified atom stereocenters. The Hall–Kier alpha value is -2.27. The second-order valence-electron chi connectivity index (χ2n) is 8.21. The topological polar surface area (TPSA) is 49.4 Å². The van der Waals surface area contributed by atoms with Crippen LogP contribution in [-0.2, 0) is 21.9 Å². The number of nitrogens with zero attached hydrogens (tertiary/aromatic N) is 1. The fourth-order valence-corrected chi connectivity index (χ4v) is 4.51. The van der Waals surface area contributed by atoms with Gasteiger partial charge in [0.05, 0.1) is 5.75 Å². The van der Waals surface area contributed by atoms with Gasteiger partial charge in [0.1, 0.15) is 6.04 Å². The van der Waals surface area contributed by atoms with E-state index in [9.17, 15) is 9.59 Å². The standard InChI is InChI=1S/C26H36N2O2S/c1-6-12-27-26(30)24(7-2)28(16-22-10-8-19(3)9-11-22)25(29)18-31-17-23-14-20(4)13-21(5)15-23/h8-11,13-15,24H,6-7,12,16-18H2,1-5H3,(H,27,30). The average molecular weight is 441 g/mol. The average Bonchev–Trinajstić information content (AvgIpc) is 2.72. The van der Waals surface area contributed by atoms with Gasteiger partial charge in [0.25, 0.3) is 0 Å². The van der Waals surface area contributed by atoms with Crippen molar-refractivity contribution in [3.8, 4) is 0 Å². The predicted octanol–water partition coefficient (Wildman–Crippen LogP) is 5.18. The summed E-state index contributed by atoms with van der Waals surface area (Å²) < 4.78 is 0. The summed E-state index contributed by atoms with van der Waals surface area (Å²) in [6.07, 6.45) is 1.47. The molecule has 0 radical (unpaired) electrons. The number of thioether (sulfide) groups is 1. The molecule has 168 valence electrons. The van der Waals surface area contributed by atoms with Crippen molar-refractivity contribution < 1.29 is 9.59 Å². The molecule has 2 rings (SSSR count). The monoisotopic (exact) mass is 440 g/mol. The highest BCUT2D eigenvalue weighted by atomic mass is 32.2. The molecule has 2 aromatic rings. The first kappa shape index (κ1) is 25.0. The highest BCUT2D eigenvalue weighted by Crippen LogP contribution is 2.19. The minimum atomic E-state index is -0.456. The van der Waals surface area contributed by atoms with Crippen LogP contribution in [-0.4, -0.2) is 35.1 Å². The van der Waals surface area contributed by atoms with Gasteiger partial charge in [0.15, 0.2) is 0 Å². The number of benzene rings is 2. The number of hydrogen-bond acceptors (Lipinski definition) is 3. The predicted molar refractivity (Wildman–Crippen MR) is 131 cm³/mol. The van der Waals surface area contributed by atoms with Gasteiger partial charge >= 0.3 is 0 Å². The van der Waals surface area contributed by atoms with Crippen LogP contribution in [0, 0.1) is 20.8 Å². The summed E-state index contributed by atoms with van der Waals surface area (Å²) >= 11 is 1.61. The van der Waals surface area contributed by atoms with E-state index in [4.69, 9.17) is 0 Å². The molecule has 2 amide bonds. The largest absolute Gasteiger partial charge is 0.354 e. The lowest BCUT2D eigenvalue weighted by molar-refractivity contribution is -0.139. The zero-order chi connectivity index (χ0) is 22.8. The molecule has 2 aromatic carbocycles. The molecule has 0 saturated carbocycles. The van der Waals surface area contributed by atoms with Gasteiger partial charge in [-0.3, -0.25) is 9.59 Å². The van der Waals surface area contributed by atoms with Crippen molar-refractivity contribution in [3.05, 3.63) is 70.3 Å². The summed E-state index contributed by atoms with van der Waals surface area (Å²) in [6, 6.07) is 14.2. The molecule has 1 N–H and O–H groups in total. The number of nitrogens with one attached hydrogen (secondary N) is 1.